The largest absolute Gasteiger partial charge is 0.280 e. The number of hydrogen-bond acceptors (Lipinski definition) is 2. The normalized spacial score (nSPS) is 31.1. The lowest BCUT2D eigenvalue weighted by atomic mass is 9.51. The van der Waals surface area contributed by atoms with Gasteiger partial charge in [0.05, 0.1) is 5.02 Å². The first-order valence-electron chi connectivity index (χ1n) is 9.97. The zero-order valence-electron chi connectivity index (χ0n) is 15.4. The lowest BCUT2D eigenvalue weighted by Crippen LogP contribution is -2.43. The highest BCUT2D eigenvalue weighted by atomic mass is 35.5. The van der Waals surface area contributed by atoms with Crippen molar-refractivity contribution in [2.45, 2.75) is 42.9 Å². The molecule has 6 heteroatoms. The van der Waals surface area contributed by atoms with E-state index in [1.54, 1.807) is 6.07 Å². The van der Waals surface area contributed by atoms with E-state index in [9.17, 15) is 8.42 Å². The molecule has 0 spiro atoms. The average Bonchev–Trinajstić information content (AvgIpc) is 2.64. The van der Waals surface area contributed by atoms with Crippen LogP contribution < -0.4 is 4.72 Å². The lowest BCUT2D eigenvalue weighted by molar-refractivity contribution is -0.00277. The van der Waals surface area contributed by atoms with Crippen molar-refractivity contribution in [1.82, 2.24) is 0 Å². The zero-order valence-corrected chi connectivity index (χ0v) is 17.8. The van der Waals surface area contributed by atoms with Gasteiger partial charge in [-0.25, -0.2) is 8.42 Å². The third kappa shape index (κ3) is 3.34. The summed E-state index contributed by atoms with van der Waals surface area (Å²) in [7, 11) is -3.79. The Hall–Kier alpha value is -1.23. The van der Waals surface area contributed by atoms with Gasteiger partial charge in [0.25, 0.3) is 10.0 Å². The number of sulfonamides is 1. The van der Waals surface area contributed by atoms with Crippen LogP contribution in [0.3, 0.4) is 0 Å². The molecule has 4 bridgehead atoms. The van der Waals surface area contributed by atoms with Gasteiger partial charge in [0.15, 0.2) is 0 Å². The van der Waals surface area contributed by atoms with Crippen molar-refractivity contribution in [3.8, 4) is 0 Å². The second-order valence-electron chi connectivity index (χ2n) is 8.76. The van der Waals surface area contributed by atoms with Crippen molar-refractivity contribution in [3.05, 3.63) is 58.1 Å². The Morgan fingerprint density at radius 3 is 2.04 bits per heavy atom. The molecule has 1 N–H and O–H groups in total. The van der Waals surface area contributed by atoms with Crippen LogP contribution in [0.5, 0.6) is 0 Å². The summed E-state index contributed by atoms with van der Waals surface area (Å²) in [4.78, 5) is -0.00761. The number of hydrogen-bond donors (Lipinski definition) is 1. The van der Waals surface area contributed by atoms with Gasteiger partial charge in [-0.15, -0.1) is 0 Å². The summed E-state index contributed by atoms with van der Waals surface area (Å²) in [5.41, 5.74) is 1.90. The predicted molar refractivity (Wildman–Crippen MR) is 113 cm³/mol. The molecule has 4 fully saturated rings. The van der Waals surface area contributed by atoms with Crippen LogP contribution in [0.25, 0.3) is 0 Å². The van der Waals surface area contributed by atoms with Gasteiger partial charge in [0.1, 0.15) is 4.90 Å². The maximum atomic E-state index is 12.7. The van der Waals surface area contributed by atoms with Crippen LogP contribution in [0.1, 0.15) is 43.6 Å². The fourth-order valence-electron chi connectivity index (χ4n) is 6.14. The molecule has 2 aromatic rings. The number of anilines is 1. The maximum Gasteiger partial charge on any atom is 0.263 e. The summed E-state index contributed by atoms with van der Waals surface area (Å²) in [5.74, 6) is 4.16. The number of rotatable bonds is 4. The van der Waals surface area contributed by atoms with E-state index in [1.165, 1.54) is 49.8 Å². The highest BCUT2D eigenvalue weighted by Crippen LogP contribution is 2.59. The van der Waals surface area contributed by atoms with Crippen LogP contribution >= 0.6 is 23.2 Å². The average molecular weight is 436 g/mol. The summed E-state index contributed by atoms with van der Waals surface area (Å²) in [6, 6.07) is 12.4. The Labute approximate surface area is 176 Å². The first-order chi connectivity index (χ1) is 13.4. The van der Waals surface area contributed by atoms with Crippen LogP contribution in [0.15, 0.2) is 47.4 Å². The van der Waals surface area contributed by atoms with Gasteiger partial charge in [-0.05, 0) is 97.6 Å². The van der Waals surface area contributed by atoms with Gasteiger partial charge in [0.2, 0.25) is 0 Å². The second kappa shape index (κ2) is 6.93. The first-order valence-corrected chi connectivity index (χ1v) is 12.2. The van der Waals surface area contributed by atoms with Gasteiger partial charge in [-0.1, -0.05) is 35.3 Å². The van der Waals surface area contributed by atoms with Crippen LogP contribution in [0.2, 0.25) is 10.0 Å². The Bertz CT molecular complexity index is 976. The number of nitrogens with one attached hydrogen (secondary N) is 1. The van der Waals surface area contributed by atoms with E-state index < -0.39 is 10.0 Å². The fraction of sp³-hybridized carbons (Fsp3) is 0.455. The molecule has 0 saturated heterocycles. The van der Waals surface area contributed by atoms with E-state index in [-0.39, 0.29) is 9.92 Å². The Balaban J connectivity index is 1.36. The maximum absolute atomic E-state index is 12.7. The molecule has 148 valence electrons. The molecule has 4 aliphatic carbocycles. The predicted octanol–water partition coefficient (Wildman–Crippen LogP) is 6.33. The molecule has 0 unspecified atom stereocenters. The van der Waals surface area contributed by atoms with E-state index in [0.717, 1.165) is 23.7 Å². The topological polar surface area (TPSA) is 46.2 Å². The van der Waals surface area contributed by atoms with Crippen molar-refractivity contribution in [3.63, 3.8) is 0 Å². The van der Waals surface area contributed by atoms with Crippen molar-refractivity contribution >= 4 is 38.9 Å². The fourth-order valence-corrected chi connectivity index (χ4v) is 7.96. The minimum Gasteiger partial charge on any atom is -0.280 e. The van der Waals surface area contributed by atoms with E-state index in [2.05, 4.69) is 16.9 Å². The molecule has 0 aliphatic heterocycles. The Morgan fingerprint density at radius 1 is 0.821 bits per heavy atom. The van der Waals surface area contributed by atoms with Crippen LogP contribution in [-0.2, 0) is 10.0 Å². The van der Waals surface area contributed by atoms with Crippen molar-refractivity contribution in [2.24, 2.45) is 23.7 Å². The number of benzene rings is 2. The minimum absolute atomic E-state index is 0.00761. The molecule has 28 heavy (non-hydrogen) atoms. The van der Waals surface area contributed by atoms with Gasteiger partial charge in [0, 0.05) is 10.7 Å². The second-order valence-corrected chi connectivity index (χ2v) is 11.3. The first kappa shape index (κ1) is 18.8. The summed E-state index contributed by atoms with van der Waals surface area (Å²) >= 11 is 12.0. The van der Waals surface area contributed by atoms with Crippen molar-refractivity contribution in [2.75, 3.05) is 4.72 Å². The third-order valence-corrected chi connectivity index (χ3v) is 9.06. The molecule has 3 nitrogen and oxygen atoms in total. The van der Waals surface area contributed by atoms with Crippen molar-refractivity contribution in [1.29, 1.82) is 0 Å². The van der Waals surface area contributed by atoms with E-state index in [4.69, 9.17) is 23.2 Å². The minimum atomic E-state index is -3.79. The molecule has 2 aromatic carbocycles. The molecule has 0 amide bonds. The molecule has 6 rings (SSSR count). The third-order valence-electron chi connectivity index (χ3n) is 6.96. The molecule has 0 heterocycles. The smallest absolute Gasteiger partial charge is 0.263 e. The highest BCUT2D eigenvalue weighted by molar-refractivity contribution is 7.92. The quantitative estimate of drug-likeness (QED) is 0.609. The molecule has 0 atom stereocenters. The van der Waals surface area contributed by atoms with Gasteiger partial charge >= 0.3 is 0 Å². The van der Waals surface area contributed by atoms with E-state index in [0.29, 0.717) is 16.6 Å². The molecule has 4 saturated carbocycles. The van der Waals surface area contributed by atoms with Gasteiger partial charge < -0.3 is 0 Å². The zero-order chi connectivity index (χ0) is 19.5. The Kier molecular flexibility index (Phi) is 4.65. The van der Waals surface area contributed by atoms with Crippen LogP contribution in [-0.4, -0.2) is 8.42 Å². The number of halogens is 2. The monoisotopic (exact) mass is 435 g/mol. The van der Waals surface area contributed by atoms with Crippen LogP contribution in [0.4, 0.5) is 5.69 Å². The SMILES string of the molecule is O=S(=O)(Nc1ccc(C2C3CC4CC(C3)CC2C4)cc1)c1cc(Cl)ccc1Cl. The molecule has 0 radical (unpaired) electrons. The van der Waals surface area contributed by atoms with Gasteiger partial charge in [-0.2, -0.15) is 0 Å². The molecular formula is C22H23Cl2NO2S. The summed E-state index contributed by atoms with van der Waals surface area (Å²) < 4.78 is 28.0. The Morgan fingerprint density at radius 2 is 1.43 bits per heavy atom. The lowest BCUT2D eigenvalue weighted by Gasteiger charge is -2.54. The molecule has 0 aromatic heterocycles. The summed E-state index contributed by atoms with van der Waals surface area (Å²) in [6.45, 7) is 0. The highest BCUT2D eigenvalue weighted by Gasteiger charge is 2.48. The summed E-state index contributed by atoms with van der Waals surface area (Å²) in [5, 5.41) is 0.490. The van der Waals surface area contributed by atoms with Crippen LogP contribution in [0, 0.1) is 23.7 Å². The molecular weight excluding hydrogens is 413 g/mol. The van der Waals surface area contributed by atoms with E-state index >= 15 is 0 Å². The molecule has 4 aliphatic rings. The summed E-state index contributed by atoms with van der Waals surface area (Å²) in [6.07, 6.45) is 6.95. The van der Waals surface area contributed by atoms with Gasteiger partial charge in [-0.3, -0.25) is 4.72 Å². The standard InChI is InChI=1S/C22H23Cl2NO2S/c23-18-3-6-20(24)21(12-18)28(26,27)25-19-4-1-15(2-5-19)22-16-8-13-7-14(10-16)11-17(22)9-13/h1-6,12-14,16-17,22,25H,7-11H2. The van der Waals surface area contributed by atoms with E-state index in [1.807, 2.05) is 12.1 Å². The van der Waals surface area contributed by atoms with Crippen molar-refractivity contribution < 1.29 is 8.42 Å².